The van der Waals surface area contributed by atoms with Gasteiger partial charge in [-0.2, -0.15) is 5.10 Å². The van der Waals surface area contributed by atoms with Crippen molar-refractivity contribution in [2.45, 2.75) is 45.3 Å². The van der Waals surface area contributed by atoms with Crippen molar-refractivity contribution in [3.63, 3.8) is 0 Å². The molecule has 5 nitrogen and oxygen atoms in total. The van der Waals surface area contributed by atoms with E-state index in [1.165, 1.54) is 25.7 Å². The van der Waals surface area contributed by atoms with Crippen LogP contribution in [0.15, 0.2) is 30.7 Å². The van der Waals surface area contributed by atoms with Crippen LogP contribution in [0.1, 0.15) is 38.2 Å². The molecule has 0 radical (unpaired) electrons. The largest absolute Gasteiger partial charge is 0.377 e. The van der Waals surface area contributed by atoms with Gasteiger partial charge in [0.05, 0.1) is 24.6 Å². The van der Waals surface area contributed by atoms with Gasteiger partial charge in [-0.25, -0.2) is 0 Å². The quantitative estimate of drug-likeness (QED) is 0.771. The molecule has 0 unspecified atom stereocenters. The Hall–Kier alpha value is -1.72. The van der Waals surface area contributed by atoms with Gasteiger partial charge in [0.25, 0.3) is 0 Å². The van der Waals surface area contributed by atoms with E-state index in [4.69, 9.17) is 4.74 Å². The topological polar surface area (TPSA) is 62.8 Å². The summed E-state index contributed by atoms with van der Waals surface area (Å²) in [6.45, 7) is 4.73. The first-order valence-electron chi connectivity index (χ1n) is 8.59. The van der Waals surface area contributed by atoms with Gasteiger partial charge in [0.15, 0.2) is 0 Å². The van der Waals surface area contributed by atoms with Crippen molar-refractivity contribution >= 4 is 0 Å². The predicted molar refractivity (Wildman–Crippen MR) is 90.9 cm³/mol. The van der Waals surface area contributed by atoms with Crippen molar-refractivity contribution < 1.29 is 4.74 Å². The van der Waals surface area contributed by atoms with E-state index in [0.29, 0.717) is 12.0 Å². The number of hydrogen-bond acceptors (Lipinski definition) is 4. The number of ether oxygens (including phenoxy) is 1. The van der Waals surface area contributed by atoms with Crippen LogP contribution in [0.2, 0.25) is 0 Å². The second kappa shape index (κ2) is 8.22. The van der Waals surface area contributed by atoms with E-state index in [0.717, 1.165) is 36.5 Å². The van der Waals surface area contributed by atoms with Gasteiger partial charge in [-0.15, -0.1) is 0 Å². The summed E-state index contributed by atoms with van der Waals surface area (Å²) in [5.41, 5.74) is 3.26. The summed E-state index contributed by atoms with van der Waals surface area (Å²) in [4.78, 5) is 4.16. The van der Waals surface area contributed by atoms with E-state index < -0.39 is 0 Å². The van der Waals surface area contributed by atoms with Gasteiger partial charge in [0, 0.05) is 36.6 Å². The third-order valence-corrected chi connectivity index (χ3v) is 4.63. The lowest BCUT2D eigenvalue weighted by Gasteiger charge is -2.28. The molecule has 1 aliphatic carbocycles. The third kappa shape index (κ3) is 4.39. The monoisotopic (exact) mass is 314 g/mol. The Morgan fingerprint density at radius 2 is 2.22 bits per heavy atom. The van der Waals surface area contributed by atoms with E-state index in [1.54, 1.807) is 6.20 Å². The molecule has 1 aliphatic rings. The minimum atomic E-state index is 0.449. The van der Waals surface area contributed by atoms with Crippen molar-refractivity contribution in [2.75, 3.05) is 13.2 Å². The normalized spacial score (nSPS) is 21.4. The Morgan fingerprint density at radius 3 is 3.04 bits per heavy atom. The zero-order valence-electron chi connectivity index (χ0n) is 13.8. The molecule has 2 aromatic heterocycles. The van der Waals surface area contributed by atoms with E-state index in [2.05, 4.69) is 27.4 Å². The molecule has 0 aliphatic heterocycles. The molecular formula is C18H26N4O. The van der Waals surface area contributed by atoms with Crippen LogP contribution >= 0.6 is 0 Å². The molecule has 2 aromatic rings. The summed E-state index contributed by atoms with van der Waals surface area (Å²) < 4.78 is 6.03. The summed E-state index contributed by atoms with van der Waals surface area (Å²) in [7, 11) is 0. The molecule has 0 saturated heterocycles. The van der Waals surface area contributed by atoms with Gasteiger partial charge in [0.2, 0.25) is 0 Å². The fraction of sp³-hybridized carbons (Fsp3) is 0.556. The molecule has 1 fully saturated rings. The zero-order valence-corrected chi connectivity index (χ0v) is 13.8. The number of nitrogens with zero attached hydrogens (tertiary/aromatic N) is 2. The maximum atomic E-state index is 6.03. The SMILES string of the molecule is C[C@@H]1CCCC[C@@H]1OCCNCc1cn[nH]c1-c1cccnc1. The van der Waals surface area contributed by atoms with Crippen molar-refractivity contribution in [1.29, 1.82) is 0 Å². The molecule has 1 saturated carbocycles. The summed E-state index contributed by atoms with van der Waals surface area (Å²) >= 11 is 0. The van der Waals surface area contributed by atoms with Crippen molar-refractivity contribution in [3.05, 3.63) is 36.3 Å². The molecule has 0 bridgehead atoms. The number of aromatic amines is 1. The number of rotatable bonds is 7. The highest BCUT2D eigenvalue weighted by Crippen LogP contribution is 2.26. The van der Waals surface area contributed by atoms with Gasteiger partial charge in [0.1, 0.15) is 0 Å². The molecular weight excluding hydrogens is 288 g/mol. The van der Waals surface area contributed by atoms with E-state index >= 15 is 0 Å². The highest BCUT2D eigenvalue weighted by atomic mass is 16.5. The lowest BCUT2D eigenvalue weighted by atomic mass is 9.88. The summed E-state index contributed by atoms with van der Waals surface area (Å²) in [5.74, 6) is 0.704. The Bertz CT molecular complexity index is 584. The maximum Gasteiger partial charge on any atom is 0.0710 e. The molecule has 124 valence electrons. The number of aromatic nitrogens is 3. The van der Waals surface area contributed by atoms with Crippen LogP contribution in [0.3, 0.4) is 0 Å². The number of H-pyrrole nitrogens is 1. The van der Waals surface area contributed by atoms with Crippen LogP contribution < -0.4 is 5.32 Å². The van der Waals surface area contributed by atoms with Gasteiger partial charge >= 0.3 is 0 Å². The molecule has 3 rings (SSSR count). The molecule has 2 heterocycles. The Morgan fingerprint density at radius 1 is 1.30 bits per heavy atom. The van der Waals surface area contributed by atoms with Crippen LogP contribution in [0.4, 0.5) is 0 Å². The fourth-order valence-electron chi connectivity index (χ4n) is 3.24. The van der Waals surface area contributed by atoms with Crippen LogP contribution in [0, 0.1) is 5.92 Å². The summed E-state index contributed by atoms with van der Waals surface area (Å²) in [5, 5.41) is 10.7. The van der Waals surface area contributed by atoms with Crippen molar-refractivity contribution in [1.82, 2.24) is 20.5 Å². The van der Waals surface area contributed by atoms with Crippen LogP contribution in [0.5, 0.6) is 0 Å². The van der Waals surface area contributed by atoms with E-state index in [9.17, 15) is 0 Å². The van der Waals surface area contributed by atoms with Crippen LogP contribution in [-0.2, 0) is 11.3 Å². The second-order valence-electron chi connectivity index (χ2n) is 6.36. The predicted octanol–water partition coefficient (Wildman–Crippen LogP) is 3.16. The van der Waals surface area contributed by atoms with Gasteiger partial charge < -0.3 is 10.1 Å². The number of nitrogens with one attached hydrogen (secondary N) is 2. The maximum absolute atomic E-state index is 6.03. The first-order valence-corrected chi connectivity index (χ1v) is 8.59. The molecule has 5 heteroatoms. The first kappa shape index (κ1) is 16.1. The van der Waals surface area contributed by atoms with Gasteiger partial charge in [-0.05, 0) is 30.9 Å². The minimum Gasteiger partial charge on any atom is -0.377 e. The van der Waals surface area contributed by atoms with Gasteiger partial charge in [-0.1, -0.05) is 19.8 Å². The smallest absolute Gasteiger partial charge is 0.0710 e. The fourth-order valence-corrected chi connectivity index (χ4v) is 3.24. The molecule has 0 aromatic carbocycles. The second-order valence-corrected chi connectivity index (χ2v) is 6.36. The lowest BCUT2D eigenvalue weighted by molar-refractivity contribution is -0.00322. The summed E-state index contributed by atoms with van der Waals surface area (Å²) in [6.07, 6.45) is 11.1. The lowest BCUT2D eigenvalue weighted by Crippen LogP contribution is -2.29. The number of pyridine rings is 1. The zero-order chi connectivity index (χ0) is 15.9. The Labute approximate surface area is 137 Å². The molecule has 2 atom stereocenters. The van der Waals surface area contributed by atoms with Crippen molar-refractivity contribution in [2.24, 2.45) is 5.92 Å². The minimum absolute atomic E-state index is 0.449. The highest BCUT2D eigenvalue weighted by Gasteiger charge is 2.21. The molecule has 23 heavy (non-hydrogen) atoms. The third-order valence-electron chi connectivity index (χ3n) is 4.63. The first-order chi connectivity index (χ1) is 11.3. The van der Waals surface area contributed by atoms with Crippen LogP contribution in [-0.4, -0.2) is 34.4 Å². The average Bonchev–Trinajstić information content (AvgIpc) is 3.05. The summed E-state index contributed by atoms with van der Waals surface area (Å²) in [6, 6.07) is 3.98. The van der Waals surface area contributed by atoms with E-state index in [1.807, 2.05) is 24.5 Å². The number of hydrogen-bond donors (Lipinski definition) is 2. The standard InChI is InChI=1S/C18H26N4O/c1-14-5-2-3-7-17(14)23-10-9-20-12-16-13-21-22-18(16)15-6-4-8-19-11-15/h4,6,8,11,13-14,17,20H,2-3,5,7,9-10,12H2,1H3,(H,21,22)/t14-,17+/m1/s1. The van der Waals surface area contributed by atoms with Gasteiger partial charge in [-0.3, -0.25) is 10.1 Å². The van der Waals surface area contributed by atoms with Crippen LogP contribution in [0.25, 0.3) is 11.3 Å². The Balaban J connectivity index is 1.42. The molecule has 0 amide bonds. The average molecular weight is 314 g/mol. The van der Waals surface area contributed by atoms with E-state index in [-0.39, 0.29) is 0 Å². The van der Waals surface area contributed by atoms with Crippen molar-refractivity contribution in [3.8, 4) is 11.3 Å². The molecule has 0 spiro atoms. The Kier molecular flexibility index (Phi) is 5.77. The highest BCUT2D eigenvalue weighted by molar-refractivity contribution is 5.61. The molecule has 2 N–H and O–H groups in total.